The van der Waals surface area contributed by atoms with Crippen LogP contribution in [0.15, 0.2) is 6.07 Å². The second kappa shape index (κ2) is 5.96. The van der Waals surface area contributed by atoms with Crippen LogP contribution in [0.1, 0.15) is 44.3 Å². The van der Waals surface area contributed by atoms with Gasteiger partial charge in [0, 0.05) is 18.3 Å². The number of hydrogen-bond acceptors (Lipinski definition) is 4. The Labute approximate surface area is 125 Å². The van der Waals surface area contributed by atoms with Crippen LogP contribution in [0.25, 0.3) is 0 Å². The fraction of sp³-hybridized carbons (Fsp3) is 0.733. The Kier molecular flexibility index (Phi) is 4.24. The highest BCUT2D eigenvalue weighted by Crippen LogP contribution is 2.29. The molecule has 1 aromatic rings. The lowest BCUT2D eigenvalue weighted by Gasteiger charge is -2.34. The number of rotatable bonds is 3. The van der Waals surface area contributed by atoms with E-state index in [1.54, 1.807) is 0 Å². The monoisotopic (exact) mass is 295 g/mol. The molecule has 0 aliphatic carbocycles. The molecule has 0 saturated carbocycles. The van der Waals surface area contributed by atoms with Crippen molar-refractivity contribution >= 4 is 11.6 Å². The van der Waals surface area contributed by atoms with Gasteiger partial charge in [-0.15, -0.1) is 0 Å². The number of fused-ring (bicyclic) bond motifs is 1. The van der Waals surface area contributed by atoms with Crippen molar-refractivity contribution in [1.82, 2.24) is 14.9 Å². The molecule has 5 heteroatoms. The van der Waals surface area contributed by atoms with Crippen LogP contribution in [0, 0.1) is 5.92 Å². The number of ether oxygens (including phenoxy) is 1. The van der Waals surface area contributed by atoms with Crippen molar-refractivity contribution in [1.29, 1.82) is 0 Å². The van der Waals surface area contributed by atoms with E-state index < -0.39 is 0 Å². The maximum absolute atomic E-state index is 6.14. The molecule has 2 aliphatic rings. The van der Waals surface area contributed by atoms with Crippen LogP contribution in [-0.4, -0.2) is 40.6 Å². The smallest absolute Gasteiger partial charge is 0.160 e. The van der Waals surface area contributed by atoms with Crippen molar-refractivity contribution in [3.05, 3.63) is 22.7 Å². The molecule has 2 fully saturated rings. The first kappa shape index (κ1) is 14.2. The van der Waals surface area contributed by atoms with Crippen molar-refractivity contribution in [3.8, 4) is 0 Å². The summed E-state index contributed by atoms with van der Waals surface area (Å²) in [4.78, 5) is 11.5. The minimum atomic E-state index is -0.0334. The normalized spacial score (nSPS) is 27.0. The summed E-state index contributed by atoms with van der Waals surface area (Å²) in [5, 5.41) is 0.526. The van der Waals surface area contributed by atoms with Gasteiger partial charge in [0.1, 0.15) is 11.3 Å². The van der Waals surface area contributed by atoms with Crippen LogP contribution in [0.4, 0.5) is 0 Å². The molecule has 2 unspecified atom stereocenters. The average Bonchev–Trinajstić information content (AvgIpc) is 2.84. The minimum Gasteiger partial charge on any atom is -0.367 e. The topological polar surface area (TPSA) is 38.2 Å². The molecular weight excluding hydrogens is 274 g/mol. The Bertz CT molecular complexity index is 480. The van der Waals surface area contributed by atoms with Gasteiger partial charge in [0.15, 0.2) is 5.82 Å². The Morgan fingerprint density at radius 2 is 2.30 bits per heavy atom. The van der Waals surface area contributed by atoms with Crippen molar-refractivity contribution < 1.29 is 4.74 Å². The zero-order valence-corrected chi connectivity index (χ0v) is 12.9. The summed E-state index contributed by atoms with van der Waals surface area (Å²) < 4.78 is 5.97. The maximum Gasteiger partial charge on any atom is 0.160 e. The van der Waals surface area contributed by atoms with Gasteiger partial charge in [-0.2, -0.15) is 0 Å². The zero-order valence-electron chi connectivity index (χ0n) is 12.2. The molecule has 2 aliphatic heterocycles. The third-order valence-corrected chi connectivity index (χ3v) is 4.25. The van der Waals surface area contributed by atoms with Gasteiger partial charge >= 0.3 is 0 Å². The summed E-state index contributed by atoms with van der Waals surface area (Å²) >= 11 is 6.14. The molecule has 2 atom stereocenters. The first-order valence-electron chi connectivity index (χ1n) is 7.51. The molecule has 0 N–H and O–H groups in total. The van der Waals surface area contributed by atoms with E-state index >= 15 is 0 Å². The summed E-state index contributed by atoms with van der Waals surface area (Å²) in [6.45, 7) is 7.22. The van der Waals surface area contributed by atoms with Crippen LogP contribution in [0.3, 0.4) is 0 Å². The average molecular weight is 296 g/mol. The molecule has 3 rings (SSSR count). The second-order valence-corrected chi connectivity index (χ2v) is 6.64. The lowest BCUT2D eigenvalue weighted by atomic mass is 10.1. The van der Waals surface area contributed by atoms with Crippen LogP contribution >= 0.6 is 11.6 Å². The Balaban J connectivity index is 1.77. The lowest BCUT2D eigenvalue weighted by Crippen LogP contribution is -2.42. The molecule has 4 nitrogen and oxygen atoms in total. The van der Waals surface area contributed by atoms with Crippen LogP contribution in [0.5, 0.6) is 0 Å². The van der Waals surface area contributed by atoms with Gasteiger partial charge in [-0.05, 0) is 37.8 Å². The summed E-state index contributed by atoms with van der Waals surface area (Å²) in [5.41, 5.74) is 1.02. The zero-order chi connectivity index (χ0) is 14.1. The highest BCUT2D eigenvalue weighted by molar-refractivity contribution is 6.29. The molecule has 1 aromatic heterocycles. The summed E-state index contributed by atoms with van der Waals surface area (Å²) in [6.07, 6.45) is 3.42. The highest BCUT2D eigenvalue weighted by atomic mass is 35.5. The number of morpholine rings is 1. The molecule has 0 amide bonds. The fourth-order valence-electron chi connectivity index (χ4n) is 3.12. The van der Waals surface area contributed by atoms with E-state index in [0.717, 1.165) is 31.1 Å². The van der Waals surface area contributed by atoms with Gasteiger partial charge in [0.05, 0.1) is 6.61 Å². The number of aromatic nitrogens is 2. The molecule has 3 heterocycles. The summed E-state index contributed by atoms with van der Waals surface area (Å²) in [6, 6.07) is 2.47. The number of halogens is 1. The quantitative estimate of drug-likeness (QED) is 0.804. The van der Waals surface area contributed by atoms with E-state index in [0.29, 0.717) is 17.1 Å². The van der Waals surface area contributed by atoms with E-state index in [2.05, 4.69) is 28.7 Å². The summed E-state index contributed by atoms with van der Waals surface area (Å²) in [5.74, 6) is 1.31. The summed E-state index contributed by atoms with van der Waals surface area (Å²) in [7, 11) is 0. The van der Waals surface area contributed by atoms with Gasteiger partial charge in [-0.3, -0.25) is 4.90 Å². The van der Waals surface area contributed by atoms with Crippen LogP contribution in [0.2, 0.25) is 5.15 Å². The fourth-order valence-corrected chi connectivity index (χ4v) is 3.34. The van der Waals surface area contributed by atoms with Gasteiger partial charge in [-0.25, -0.2) is 9.97 Å². The molecule has 0 bridgehead atoms. The van der Waals surface area contributed by atoms with E-state index in [9.17, 15) is 0 Å². The van der Waals surface area contributed by atoms with Crippen molar-refractivity contribution in [2.24, 2.45) is 5.92 Å². The molecular formula is C15H22ClN3O. The van der Waals surface area contributed by atoms with E-state index in [1.165, 1.54) is 19.4 Å². The van der Waals surface area contributed by atoms with Crippen molar-refractivity contribution in [3.63, 3.8) is 0 Å². The molecule has 20 heavy (non-hydrogen) atoms. The van der Waals surface area contributed by atoms with Crippen molar-refractivity contribution in [2.75, 3.05) is 19.7 Å². The van der Waals surface area contributed by atoms with Crippen LogP contribution in [-0.2, 0) is 11.2 Å². The molecule has 0 aromatic carbocycles. The number of nitrogens with zero attached hydrogens (tertiary/aromatic N) is 3. The second-order valence-electron chi connectivity index (χ2n) is 6.25. The van der Waals surface area contributed by atoms with E-state index in [1.807, 2.05) is 6.07 Å². The standard InChI is InChI=1S/C15H22ClN3O/c1-10(2)6-11-7-14(16)18-15(17-11)13-8-19-5-3-4-12(19)9-20-13/h7,10,12-13H,3-6,8-9H2,1-2H3. The van der Waals surface area contributed by atoms with Gasteiger partial charge < -0.3 is 4.74 Å². The Morgan fingerprint density at radius 3 is 3.10 bits per heavy atom. The Hall–Kier alpha value is -0.710. The predicted octanol–water partition coefficient (Wildman–Crippen LogP) is 2.86. The molecule has 0 radical (unpaired) electrons. The van der Waals surface area contributed by atoms with E-state index in [4.69, 9.17) is 16.3 Å². The first-order chi connectivity index (χ1) is 9.61. The van der Waals surface area contributed by atoms with Gasteiger partial charge in [0.2, 0.25) is 0 Å². The largest absolute Gasteiger partial charge is 0.367 e. The van der Waals surface area contributed by atoms with Gasteiger partial charge in [0.25, 0.3) is 0 Å². The highest BCUT2D eigenvalue weighted by Gasteiger charge is 2.34. The molecule has 0 spiro atoms. The molecule has 2 saturated heterocycles. The van der Waals surface area contributed by atoms with Crippen molar-refractivity contribution in [2.45, 2.75) is 45.3 Å². The maximum atomic E-state index is 6.14. The third kappa shape index (κ3) is 3.13. The van der Waals surface area contributed by atoms with Crippen LogP contribution < -0.4 is 0 Å². The first-order valence-corrected chi connectivity index (χ1v) is 7.88. The van der Waals surface area contributed by atoms with E-state index in [-0.39, 0.29) is 6.10 Å². The number of hydrogen-bond donors (Lipinski definition) is 0. The minimum absolute atomic E-state index is 0.0334. The predicted molar refractivity (Wildman–Crippen MR) is 78.9 cm³/mol. The SMILES string of the molecule is CC(C)Cc1cc(Cl)nc(C2CN3CCCC3CO2)n1. The molecule has 110 valence electrons. The lowest BCUT2D eigenvalue weighted by molar-refractivity contribution is -0.0542. The Morgan fingerprint density at radius 1 is 1.45 bits per heavy atom. The third-order valence-electron chi connectivity index (χ3n) is 4.06. The van der Waals surface area contributed by atoms with Gasteiger partial charge in [-0.1, -0.05) is 25.4 Å².